The molecule has 2 aliphatic carbocycles. The first-order valence-corrected chi connectivity index (χ1v) is 10.6. The molecule has 1 heteroatoms. The van der Waals surface area contributed by atoms with E-state index in [1.165, 1.54) is 39.8 Å². The molecule has 2 aliphatic rings. The Bertz CT molecular complexity index is 822. The minimum atomic E-state index is -0.396. The largest absolute Gasteiger partial charge is 0.0773 e. The third-order valence-electron chi connectivity index (χ3n) is 5.03. The van der Waals surface area contributed by atoms with Crippen LogP contribution in [0, 0.1) is 0 Å². The zero-order valence-corrected chi connectivity index (χ0v) is 14.5. The highest BCUT2D eigenvalue weighted by atomic mass is 28.3. The second-order valence-corrected chi connectivity index (χ2v) is 9.21. The summed E-state index contributed by atoms with van der Waals surface area (Å²) in [7, 11) is -0.396. The summed E-state index contributed by atoms with van der Waals surface area (Å²) < 4.78 is 0. The highest BCUT2D eigenvalue weighted by molar-refractivity contribution is 6.65. The normalized spacial score (nSPS) is 16.1. The Kier molecular flexibility index (Phi) is 3.19. The van der Waals surface area contributed by atoms with Crippen LogP contribution in [0.2, 0.25) is 13.1 Å². The van der Waals surface area contributed by atoms with Gasteiger partial charge in [-0.1, -0.05) is 66.8 Å². The first-order valence-electron chi connectivity index (χ1n) is 8.08. The lowest BCUT2D eigenvalue weighted by Gasteiger charge is -2.16. The third-order valence-corrected chi connectivity index (χ3v) is 6.69. The van der Waals surface area contributed by atoms with Gasteiger partial charge in [-0.2, -0.15) is 0 Å². The van der Waals surface area contributed by atoms with Gasteiger partial charge >= 0.3 is 0 Å². The van der Waals surface area contributed by atoms with E-state index < -0.39 is 8.80 Å². The van der Waals surface area contributed by atoms with E-state index in [4.69, 9.17) is 0 Å². The number of benzene rings is 2. The predicted molar refractivity (Wildman–Crippen MR) is 97.5 cm³/mol. The molecule has 0 aromatic heterocycles. The highest BCUT2D eigenvalue weighted by Gasteiger charge is 2.26. The Balaban J connectivity index is 1.93. The molecule has 0 spiro atoms. The second-order valence-electron chi connectivity index (χ2n) is 6.61. The van der Waals surface area contributed by atoms with E-state index in [2.05, 4.69) is 68.6 Å². The van der Waals surface area contributed by atoms with Gasteiger partial charge in [-0.25, -0.2) is 0 Å². The Morgan fingerprint density at radius 2 is 1.59 bits per heavy atom. The molecule has 4 rings (SSSR count). The fourth-order valence-corrected chi connectivity index (χ4v) is 5.26. The van der Waals surface area contributed by atoms with Crippen molar-refractivity contribution < 1.29 is 0 Å². The average molecular weight is 301 g/mol. The molecule has 0 heterocycles. The Morgan fingerprint density at radius 1 is 0.864 bits per heavy atom. The zero-order valence-electron chi connectivity index (χ0n) is 13.5. The van der Waals surface area contributed by atoms with Gasteiger partial charge in [-0.05, 0) is 58.7 Å². The van der Waals surface area contributed by atoms with Gasteiger partial charge in [0.05, 0.1) is 8.80 Å². The molecule has 0 nitrogen and oxygen atoms in total. The Morgan fingerprint density at radius 3 is 2.41 bits per heavy atom. The molecule has 2 aromatic carbocycles. The van der Waals surface area contributed by atoms with E-state index >= 15 is 0 Å². The van der Waals surface area contributed by atoms with Crippen LogP contribution in [0.4, 0.5) is 0 Å². The van der Waals surface area contributed by atoms with Crippen LogP contribution in [0.1, 0.15) is 30.0 Å². The number of hydrogen-bond donors (Lipinski definition) is 0. The topological polar surface area (TPSA) is 0 Å². The molecule has 0 atom stereocenters. The van der Waals surface area contributed by atoms with Crippen molar-refractivity contribution in [3.05, 3.63) is 76.0 Å². The van der Waals surface area contributed by atoms with Crippen molar-refractivity contribution in [3.8, 4) is 11.1 Å². The van der Waals surface area contributed by atoms with E-state index in [0.29, 0.717) is 0 Å². The van der Waals surface area contributed by atoms with Crippen LogP contribution >= 0.6 is 0 Å². The summed E-state index contributed by atoms with van der Waals surface area (Å²) in [4.78, 5) is 0. The summed E-state index contributed by atoms with van der Waals surface area (Å²) in [5.74, 6) is 0. The average Bonchev–Trinajstić information content (AvgIpc) is 3.07. The SMILES string of the molecule is CC1=CCC([Si](C)C)=C1c1cccc2c1Cc1ccccc1-2. The molecule has 0 N–H and O–H groups in total. The van der Waals surface area contributed by atoms with E-state index in [-0.39, 0.29) is 0 Å². The molecule has 0 unspecified atom stereocenters. The maximum Gasteiger partial charge on any atom is 0.0749 e. The summed E-state index contributed by atoms with van der Waals surface area (Å²) in [6.07, 6.45) is 4.67. The monoisotopic (exact) mass is 301 g/mol. The highest BCUT2D eigenvalue weighted by Crippen LogP contribution is 2.44. The van der Waals surface area contributed by atoms with Gasteiger partial charge < -0.3 is 0 Å². The maximum absolute atomic E-state index is 2.42. The number of fused-ring (bicyclic) bond motifs is 3. The van der Waals surface area contributed by atoms with Gasteiger partial charge in [0, 0.05) is 0 Å². The molecule has 1 radical (unpaired) electrons. The molecule has 0 saturated carbocycles. The van der Waals surface area contributed by atoms with E-state index in [1.54, 1.807) is 10.8 Å². The fraction of sp³-hybridized carbons (Fsp3) is 0.238. The van der Waals surface area contributed by atoms with Crippen molar-refractivity contribution in [2.75, 3.05) is 0 Å². The standard InChI is InChI=1S/C21H21Si/c1-14-11-12-20(22(2)3)21(14)18-10-6-9-17-16-8-5-4-7-15(16)13-19(17)18/h4-11H,12-13H2,1-3H3. The minimum Gasteiger partial charge on any atom is -0.0773 e. The lowest BCUT2D eigenvalue weighted by atomic mass is 9.93. The van der Waals surface area contributed by atoms with Gasteiger partial charge in [0.15, 0.2) is 0 Å². The van der Waals surface area contributed by atoms with Crippen LogP contribution in [-0.2, 0) is 6.42 Å². The van der Waals surface area contributed by atoms with Crippen LogP contribution in [0.3, 0.4) is 0 Å². The maximum atomic E-state index is 2.42. The predicted octanol–water partition coefficient (Wildman–Crippen LogP) is 5.66. The van der Waals surface area contributed by atoms with Gasteiger partial charge in [-0.15, -0.1) is 0 Å². The molecular formula is C21H21Si. The van der Waals surface area contributed by atoms with E-state index in [9.17, 15) is 0 Å². The van der Waals surface area contributed by atoms with Crippen molar-refractivity contribution >= 4 is 14.4 Å². The van der Waals surface area contributed by atoms with Crippen LogP contribution in [0.15, 0.2) is 59.3 Å². The molecule has 109 valence electrons. The third kappa shape index (κ3) is 1.96. The molecule has 0 saturated heterocycles. The Labute approximate surface area is 134 Å². The van der Waals surface area contributed by atoms with Gasteiger partial charge in [0.25, 0.3) is 0 Å². The summed E-state index contributed by atoms with van der Waals surface area (Å²) in [6, 6.07) is 15.7. The van der Waals surface area contributed by atoms with Crippen LogP contribution < -0.4 is 0 Å². The minimum absolute atomic E-state index is 0.396. The summed E-state index contributed by atoms with van der Waals surface area (Å²) in [5.41, 5.74) is 10.4. The second kappa shape index (κ2) is 5.10. The summed E-state index contributed by atoms with van der Waals surface area (Å²) in [6.45, 7) is 7.13. The van der Waals surface area contributed by atoms with E-state index in [1.807, 2.05) is 0 Å². The first-order chi connectivity index (χ1) is 10.7. The fourth-order valence-electron chi connectivity index (χ4n) is 3.92. The Hall–Kier alpha value is -1.86. The van der Waals surface area contributed by atoms with Crippen molar-refractivity contribution in [1.82, 2.24) is 0 Å². The lowest BCUT2D eigenvalue weighted by Crippen LogP contribution is -2.07. The molecular weight excluding hydrogens is 280 g/mol. The van der Waals surface area contributed by atoms with E-state index in [0.717, 1.165) is 6.42 Å². The summed E-state index contributed by atoms with van der Waals surface area (Å²) >= 11 is 0. The molecule has 0 bridgehead atoms. The van der Waals surface area contributed by atoms with Crippen molar-refractivity contribution in [2.24, 2.45) is 0 Å². The quantitative estimate of drug-likeness (QED) is 0.536. The number of allylic oxidation sites excluding steroid dienone is 4. The van der Waals surface area contributed by atoms with Crippen molar-refractivity contribution in [2.45, 2.75) is 32.9 Å². The van der Waals surface area contributed by atoms with Gasteiger partial charge in [0.2, 0.25) is 0 Å². The van der Waals surface area contributed by atoms with Crippen LogP contribution in [0.25, 0.3) is 16.7 Å². The van der Waals surface area contributed by atoms with Crippen molar-refractivity contribution in [3.63, 3.8) is 0 Å². The zero-order chi connectivity index (χ0) is 15.3. The number of hydrogen-bond acceptors (Lipinski definition) is 0. The van der Waals surface area contributed by atoms with Gasteiger partial charge in [0.1, 0.15) is 0 Å². The molecule has 2 aromatic rings. The van der Waals surface area contributed by atoms with Crippen LogP contribution in [0.5, 0.6) is 0 Å². The first kappa shape index (κ1) is 13.8. The molecule has 0 aliphatic heterocycles. The van der Waals surface area contributed by atoms with Crippen LogP contribution in [-0.4, -0.2) is 8.80 Å². The smallest absolute Gasteiger partial charge is 0.0749 e. The molecule has 22 heavy (non-hydrogen) atoms. The molecule has 0 amide bonds. The van der Waals surface area contributed by atoms with Crippen molar-refractivity contribution in [1.29, 1.82) is 0 Å². The lowest BCUT2D eigenvalue weighted by molar-refractivity contribution is 1.24. The molecule has 0 fully saturated rings. The van der Waals surface area contributed by atoms with Gasteiger partial charge in [-0.3, -0.25) is 0 Å². The number of rotatable bonds is 2. The summed E-state index contributed by atoms with van der Waals surface area (Å²) in [5, 5.41) is 1.70.